The Balaban J connectivity index is 2.05. The van der Waals surface area contributed by atoms with E-state index in [4.69, 9.17) is 9.84 Å². The van der Waals surface area contributed by atoms with E-state index >= 15 is 0 Å². The Morgan fingerprint density at radius 2 is 1.69 bits per heavy atom. The molecule has 5 nitrogen and oxygen atoms in total. The van der Waals surface area contributed by atoms with Gasteiger partial charge in [-0.3, -0.25) is 9.59 Å². The summed E-state index contributed by atoms with van der Waals surface area (Å²) < 4.78 is 5.55. The van der Waals surface area contributed by atoms with E-state index in [0.717, 1.165) is 11.1 Å². The summed E-state index contributed by atoms with van der Waals surface area (Å²) in [5.74, 6) is -1.10. The molecule has 26 heavy (non-hydrogen) atoms. The third-order valence-electron chi connectivity index (χ3n) is 3.95. The zero-order valence-corrected chi connectivity index (χ0v) is 15.1. The van der Waals surface area contributed by atoms with Crippen LogP contribution in [0.25, 0.3) is 0 Å². The van der Waals surface area contributed by atoms with Gasteiger partial charge in [-0.15, -0.1) is 0 Å². The molecule has 0 fully saturated rings. The first-order valence-electron chi connectivity index (χ1n) is 8.74. The average molecular weight is 355 g/mol. The lowest BCUT2D eigenvalue weighted by Crippen LogP contribution is -2.29. The van der Waals surface area contributed by atoms with Crippen LogP contribution in [0, 0.1) is 0 Å². The van der Waals surface area contributed by atoms with Gasteiger partial charge in [0.2, 0.25) is 0 Å². The van der Waals surface area contributed by atoms with Gasteiger partial charge >= 0.3 is 5.97 Å². The first-order valence-corrected chi connectivity index (χ1v) is 8.74. The van der Waals surface area contributed by atoms with E-state index in [9.17, 15) is 9.59 Å². The number of ether oxygens (including phenoxy) is 1. The van der Waals surface area contributed by atoms with Crippen molar-refractivity contribution < 1.29 is 19.4 Å². The minimum Gasteiger partial charge on any atom is -0.481 e. The molecule has 0 aliphatic rings. The van der Waals surface area contributed by atoms with Crippen LogP contribution in [0.4, 0.5) is 0 Å². The summed E-state index contributed by atoms with van der Waals surface area (Å²) in [5.41, 5.74) is 2.43. The van der Waals surface area contributed by atoms with Crippen molar-refractivity contribution in [3.8, 4) is 0 Å². The quantitative estimate of drug-likeness (QED) is 0.714. The van der Waals surface area contributed by atoms with Gasteiger partial charge in [0.25, 0.3) is 5.91 Å². The van der Waals surface area contributed by atoms with Crippen molar-refractivity contribution in [2.75, 3.05) is 0 Å². The SMILES string of the molecule is CC(C)OCc1ccc(C(=O)NC(CCC(=O)O)c2ccccc2)cc1. The monoisotopic (exact) mass is 355 g/mol. The molecule has 0 aliphatic heterocycles. The Kier molecular flexibility index (Phi) is 7.36. The minimum absolute atomic E-state index is 0.00861. The second kappa shape index (κ2) is 9.73. The number of benzene rings is 2. The van der Waals surface area contributed by atoms with Crippen LogP contribution in [0.1, 0.15) is 54.2 Å². The molecule has 2 rings (SSSR count). The highest BCUT2D eigenvalue weighted by molar-refractivity contribution is 5.94. The predicted molar refractivity (Wildman–Crippen MR) is 99.9 cm³/mol. The van der Waals surface area contributed by atoms with Gasteiger partial charge in [-0.2, -0.15) is 0 Å². The molecular weight excluding hydrogens is 330 g/mol. The Labute approximate surface area is 154 Å². The fourth-order valence-corrected chi connectivity index (χ4v) is 2.53. The summed E-state index contributed by atoms with van der Waals surface area (Å²) in [6.07, 6.45) is 0.482. The molecule has 138 valence electrons. The van der Waals surface area contributed by atoms with E-state index in [1.165, 1.54) is 0 Å². The minimum atomic E-state index is -0.880. The molecule has 0 spiro atoms. The smallest absolute Gasteiger partial charge is 0.303 e. The molecule has 0 bridgehead atoms. The summed E-state index contributed by atoms with van der Waals surface area (Å²) in [7, 11) is 0. The molecule has 0 heterocycles. The van der Waals surface area contributed by atoms with Crippen molar-refractivity contribution in [2.24, 2.45) is 0 Å². The number of aliphatic carboxylic acids is 1. The number of carbonyl (C=O) groups excluding carboxylic acids is 1. The fourth-order valence-electron chi connectivity index (χ4n) is 2.53. The number of hydrogen-bond acceptors (Lipinski definition) is 3. The zero-order valence-electron chi connectivity index (χ0n) is 15.1. The first-order chi connectivity index (χ1) is 12.5. The van der Waals surface area contributed by atoms with Crippen LogP contribution in [0.5, 0.6) is 0 Å². The maximum Gasteiger partial charge on any atom is 0.303 e. The van der Waals surface area contributed by atoms with Crippen LogP contribution < -0.4 is 5.32 Å². The molecule has 2 aromatic rings. The van der Waals surface area contributed by atoms with Crippen LogP contribution in [0.15, 0.2) is 54.6 Å². The molecule has 2 aromatic carbocycles. The van der Waals surface area contributed by atoms with Gasteiger partial charge in [-0.25, -0.2) is 0 Å². The topological polar surface area (TPSA) is 75.6 Å². The van der Waals surface area contributed by atoms with Crippen molar-refractivity contribution in [2.45, 2.75) is 45.4 Å². The van der Waals surface area contributed by atoms with Crippen LogP contribution >= 0.6 is 0 Å². The molecule has 1 atom stereocenters. The van der Waals surface area contributed by atoms with Gasteiger partial charge < -0.3 is 15.2 Å². The standard InChI is InChI=1S/C21H25NO4/c1-15(2)26-14-16-8-10-18(11-9-16)21(25)22-19(12-13-20(23)24)17-6-4-3-5-7-17/h3-11,15,19H,12-14H2,1-2H3,(H,22,25)(H,23,24). The van der Waals surface area contributed by atoms with Gasteiger partial charge in [0, 0.05) is 12.0 Å². The van der Waals surface area contributed by atoms with Crippen molar-refractivity contribution in [3.05, 3.63) is 71.3 Å². The Morgan fingerprint density at radius 3 is 2.27 bits per heavy atom. The number of carboxylic acid groups (broad SMARTS) is 1. The Morgan fingerprint density at radius 1 is 1.04 bits per heavy atom. The summed E-state index contributed by atoms with van der Waals surface area (Å²) in [6.45, 7) is 4.45. The molecule has 1 amide bonds. The molecule has 5 heteroatoms. The largest absolute Gasteiger partial charge is 0.481 e. The highest BCUT2D eigenvalue weighted by Gasteiger charge is 2.17. The van der Waals surface area contributed by atoms with Gasteiger partial charge in [0.1, 0.15) is 0 Å². The lowest BCUT2D eigenvalue weighted by Gasteiger charge is -2.19. The summed E-state index contributed by atoms with van der Waals surface area (Å²) in [6, 6.07) is 16.3. The van der Waals surface area contributed by atoms with E-state index in [1.807, 2.05) is 56.3 Å². The fraction of sp³-hybridized carbons (Fsp3) is 0.333. The van der Waals surface area contributed by atoms with Crippen molar-refractivity contribution in [3.63, 3.8) is 0 Å². The van der Waals surface area contributed by atoms with E-state index in [1.54, 1.807) is 12.1 Å². The second-order valence-corrected chi connectivity index (χ2v) is 6.43. The van der Waals surface area contributed by atoms with Crippen LogP contribution in [-0.4, -0.2) is 23.1 Å². The Hall–Kier alpha value is -2.66. The van der Waals surface area contributed by atoms with Crippen LogP contribution in [0.2, 0.25) is 0 Å². The van der Waals surface area contributed by atoms with Gasteiger partial charge in [-0.1, -0.05) is 42.5 Å². The number of hydrogen-bond donors (Lipinski definition) is 2. The maximum atomic E-state index is 12.6. The lowest BCUT2D eigenvalue weighted by molar-refractivity contribution is -0.137. The molecule has 0 saturated heterocycles. The highest BCUT2D eigenvalue weighted by Crippen LogP contribution is 2.19. The number of carboxylic acids is 1. The van der Waals surface area contributed by atoms with Gasteiger partial charge in [0.15, 0.2) is 0 Å². The van der Waals surface area contributed by atoms with E-state index in [-0.39, 0.29) is 24.5 Å². The van der Waals surface area contributed by atoms with Crippen molar-refractivity contribution in [1.29, 1.82) is 0 Å². The summed E-state index contributed by atoms with van der Waals surface area (Å²) in [4.78, 5) is 23.5. The van der Waals surface area contributed by atoms with Gasteiger partial charge in [0.05, 0.1) is 18.8 Å². The highest BCUT2D eigenvalue weighted by atomic mass is 16.5. The summed E-state index contributed by atoms with van der Waals surface area (Å²) >= 11 is 0. The van der Waals surface area contributed by atoms with E-state index < -0.39 is 5.97 Å². The number of rotatable bonds is 9. The first kappa shape index (κ1) is 19.7. The summed E-state index contributed by atoms with van der Waals surface area (Å²) in [5, 5.41) is 11.9. The third kappa shape index (κ3) is 6.33. The molecule has 0 aliphatic carbocycles. The number of nitrogens with one attached hydrogen (secondary N) is 1. The second-order valence-electron chi connectivity index (χ2n) is 6.43. The molecule has 0 saturated carbocycles. The van der Waals surface area contributed by atoms with E-state index in [2.05, 4.69) is 5.32 Å². The molecule has 0 radical (unpaired) electrons. The van der Waals surface area contributed by atoms with Crippen molar-refractivity contribution in [1.82, 2.24) is 5.32 Å². The average Bonchev–Trinajstić information content (AvgIpc) is 2.64. The Bertz CT molecular complexity index is 711. The van der Waals surface area contributed by atoms with Crippen LogP contribution in [-0.2, 0) is 16.1 Å². The van der Waals surface area contributed by atoms with Crippen molar-refractivity contribution >= 4 is 11.9 Å². The third-order valence-corrected chi connectivity index (χ3v) is 3.95. The zero-order chi connectivity index (χ0) is 18.9. The molecule has 2 N–H and O–H groups in total. The maximum absolute atomic E-state index is 12.6. The normalized spacial score (nSPS) is 12.0. The number of carbonyl (C=O) groups is 2. The predicted octanol–water partition coefficient (Wildman–Crippen LogP) is 3.95. The lowest BCUT2D eigenvalue weighted by atomic mass is 10.0. The molecule has 1 unspecified atom stereocenters. The van der Waals surface area contributed by atoms with Gasteiger partial charge in [-0.05, 0) is 43.5 Å². The van der Waals surface area contributed by atoms with E-state index in [0.29, 0.717) is 18.6 Å². The van der Waals surface area contributed by atoms with Crippen LogP contribution in [0.3, 0.4) is 0 Å². The molecular formula is C21H25NO4. The number of amides is 1. The molecule has 0 aromatic heterocycles.